The highest BCUT2D eigenvalue weighted by Gasteiger charge is 2.48. The summed E-state index contributed by atoms with van der Waals surface area (Å²) in [5.41, 5.74) is 1.62. The second kappa shape index (κ2) is 24.6. The van der Waals surface area contributed by atoms with Crippen LogP contribution in [0.3, 0.4) is 0 Å². The number of allylic oxidation sites excluding steroid dienone is 3. The summed E-state index contributed by atoms with van der Waals surface area (Å²) in [6.07, 6.45) is -0.166. The van der Waals surface area contributed by atoms with Gasteiger partial charge in [0, 0.05) is 44.7 Å². The molecule has 3 aliphatic heterocycles. The Labute approximate surface area is 368 Å². The highest BCUT2D eigenvalue weighted by molar-refractivity contribution is 5.91. The van der Waals surface area contributed by atoms with Crippen LogP contribution in [0.25, 0.3) is 0 Å². The van der Waals surface area contributed by atoms with Gasteiger partial charge in [-0.1, -0.05) is 57.1 Å². The number of aryl methyl sites for hydroxylation is 2. The van der Waals surface area contributed by atoms with Crippen molar-refractivity contribution >= 4 is 11.8 Å². The average Bonchev–Trinajstić information content (AvgIpc) is 3.69. The van der Waals surface area contributed by atoms with Gasteiger partial charge in [-0.25, -0.2) is 0 Å². The molecular weight excluding hydrogens is 805 g/mol. The number of hydrogen-bond acceptors (Lipinski definition) is 16. The number of aromatic nitrogens is 3. The number of ketones is 1. The maximum absolute atomic E-state index is 13.9. The van der Waals surface area contributed by atoms with Crippen LogP contribution < -0.4 is 0 Å². The molecule has 1 aromatic heterocycles. The molecule has 1 aromatic rings. The lowest BCUT2D eigenvalue weighted by atomic mass is 9.79. The third-order valence-electron chi connectivity index (χ3n) is 12.8. The van der Waals surface area contributed by atoms with Crippen molar-refractivity contribution in [3.05, 3.63) is 35.7 Å². The first-order valence-electron chi connectivity index (χ1n) is 22.4. The summed E-state index contributed by atoms with van der Waals surface area (Å²) in [6.45, 7) is 13.4. The fourth-order valence-electron chi connectivity index (χ4n) is 8.91. The smallest absolute Gasteiger partial charge is 0.308 e. The van der Waals surface area contributed by atoms with Crippen LogP contribution in [0.4, 0.5) is 0 Å². The van der Waals surface area contributed by atoms with E-state index in [1.54, 1.807) is 56.6 Å². The number of aliphatic hydroxyl groups is 4. The fourth-order valence-corrected chi connectivity index (χ4v) is 8.91. The minimum absolute atomic E-state index is 0.0261. The second-order valence-corrected chi connectivity index (χ2v) is 17.8. The van der Waals surface area contributed by atoms with Crippen LogP contribution in [-0.2, 0) is 55.7 Å². The first kappa shape index (κ1) is 51.9. The Morgan fingerprint density at radius 2 is 1.58 bits per heavy atom. The first-order chi connectivity index (χ1) is 29.4. The average molecular weight is 881 g/mol. The summed E-state index contributed by atoms with van der Waals surface area (Å²) < 4.78 is 44.2. The van der Waals surface area contributed by atoms with Crippen LogP contribution in [0.15, 0.2) is 30.0 Å². The van der Waals surface area contributed by atoms with Gasteiger partial charge in [0.05, 0.1) is 55.3 Å². The Balaban J connectivity index is 1.69. The van der Waals surface area contributed by atoms with E-state index in [0.717, 1.165) is 30.5 Å². The first-order valence-corrected chi connectivity index (χ1v) is 22.4. The van der Waals surface area contributed by atoms with Gasteiger partial charge in [-0.2, -0.15) is 0 Å². The predicted molar refractivity (Wildman–Crippen MR) is 228 cm³/mol. The van der Waals surface area contributed by atoms with E-state index in [9.17, 15) is 30.0 Å². The Kier molecular flexibility index (Phi) is 20.6. The molecule has 0 spiro atoms. The van der Waals surface area contributed by atoms with Crippen molar-refractivity contribution in [2.24, 2.45) is 23.7 Å². The summed E-state index contributed by atoms with van der Waals surface area (Å²) in [5, 5.41) is 53.9. The summed E-state index contributed by atoms with van der Waals surface area (Å²) in [6, 6.07) is -0.716. The maximum Gasteiger partial charge on any atom is 0.308 e. The third-order valence-corrected chi connectivity index (χ3v) is 12.8. The van der Waals surface area contributed by atoms with E-state index >= 15 is 0 Å². The second-order valence-electron chi connectivity index (χ2n) is 17.8. The van der Waals surface area contributed by atoms with E-state index in [1.807, 2.05) is 33.0 Å². The number of rotatable bonds is 15. The molecule has 0 unspecified atom stereocenters. The fraction of sp³-hybridized carbons (Fsp3) is 0.822. The summed E-state index contributed by atoms with van der Waals surface area (Å²) >= 11 is 0. The molecule has 0 radical (unpaired) electrons. The van der Waals surface area contributed by atoms with Gasteiger partial charge in [-0.05, 0) is 79.0 Å². The zero-order chi connectivity index (χ0) is 45.8. The van der Waals surface area contributed by atoms with Gasteiger partial charge in [0.25, 0.3) is 0 Å². The molecule has 3 aliphatic rings. The molecule has 4 heterocycles. The van der Waals surface area contributed by atoms with Crippen molar-refractivity contribution in [3.63, 3.8) is 0 Å². The van der Waals surface area contributed by atoms with Gasteiger partial charge in [-0.3, -0.25) is 14.3 Å². The standard InChI is InChI=1S/C45H76N4O13/c1-12-14-15-32-23-49(47-46-32)19-18-30-21-26(4)33(50)17-16-25(3)20-31(24-58-45-43(57-11)42(56-10)39(54)29(7)60-45)35(13-2)61-36(52)22-34(51)27(5)41(30)62-44-40(55)37(48(8)9)38(53)28(6)59-44/h16-17,20,23,26-31,34-35,37-45,51,53-55H,12-15,18-19,21-22,24H2,1-11H3/b17-16+,25-20+/t26-,27+,28-,29-,30+,31-,34-,35-,37+,38-,39-,40-,41-,42-,43-,44+,45-/m1/s1. The Bertz CT molecular complexity index is 1590. The lowest BCUT2D eigenvalue weighted by Crippen LogP contribution is -2.63. The molecule has 17 heteroatoms. The molecule has 354 valence electrons. The Hall–Kier alpha value is -2.68. The monoisotopic (exact) mass is 881 g/mol. The molecule has 0 aliphatic carbocycles. The molecule has 2 fully saturated rings. The SMILES string of the molecule is CCCCc1cn(CC[C@H]2C[C@@H](C)C(=O)/C=C/C(C)=C/[C@H](CO[C@@H]3O[C@H](C)[C@@H](O)[C@@H](OC)[C@H]3OC)[C@@H](CC)OC(=O)C[C@@H](O)[C@H](C)[C@H]2O[C@@H]2O[C@H](C)[C@@H](O)[C@H](N(C)C)[C@H]2O)nn1. The van der Waals surface area contributed by atoms with Gasteiger partial charge < -0.3 is 58.5 Å². The highest BCUT2D eigenvalue weighted by Crippen LogP contribution is 2.35. The lowest BCUT2D eigenvalue weighted by Gasteiger charge is -2.46. The van der Waals surface area contributed by atoms with Crippen LogP contribution in [0.5, 0.6) is 0 Å². The number of aliphatic hydroxyl groups excluding tert-OH is 4. The largest absolute Gasteiger partial charge is 0.462 e. The van der Waals surface area contributed by atoms with Crippen LogP contribution in [-0.4, -0.2) is 167 Å². The van der Waals surface area contributed by atoms with Crippen LogP contribution >= 0.6 is 0 Å². The van der Waals surface area contributed by atoms with Gasteiger partial charge in [-0.15, -0.1) is 5.10 Å². The molecule has 0 amide bonds. The summed E-state index contributed by atoms with van der Waals surface area (Å²) in [5.74, 6) is -2.90. The normalized spacial score (nSPS) is 39.6. The number of hydrogen-bond donors (Lipinski definition) is 4. The summed E-state index contributed by atoms with van der Waals surface area (Å²) in [7, 11) is 6.48. The molecule has 17 nitrogen and oxygen atoms in total. The van der Waals surface area contributed by atoms with Gasteiger partial charge in [0.15, 0.2) is 18.4 Å². The topological polar surface area (TPSA) is 214 Å². The number of nitrogens with zero attached hydrogens (tertiary/aromatic N) is 4. The number of esters is 1. The Morgan fingerprint density at radius 3 is 2.23 bits per heavy atom. The number of likely N-dealkylation sites (N-methyl/N-ethyl adjacent to an activating group) is 1. The van der Waals surface area contributed by atoms with E-state index < -0.39 is 109 Å². The zero-order valence-electron chi connectivity index (χ0n) is 38.7. The molecule has 2 saturated heterocycles. The van der Waals surface area contributed by atoms with Crippen LogP contribution in [0.2, 0.25) is 0 Å². The zero-order valence-corrected chi connectivity index (χ0v) is 38.7. The van der Waals surface area contributed by atoms with Crippen LogP contribution in [0.1, 0.15) is 92.7 Å². The number of methoxy groups -OCH3 is 2. The van der Waals surface area contributed by atoms with Crippen molar-refractivity contribution in [3.8, 4) is 0 Å². The van der Waals surface area contributed by atoms with E-state index in [0.29, 0.717) is 25.8 Å². The molecular formula is C45H76N4O13. The number of carbonyl (C=O) groups is 2. The molecule has 4 N–H and O–H groups in total. The van der Waals surface area contributed by atoms with Gasteiger partial charge in [0.2, 0.25) is 0 Å². The van der Waals surface area contributed by atoms with E-state index in [1.165, 1.54) is 14.2 Å². The molecule has 0 bridgehead atoms. The van der Waals surface area contributed by atoms with Crippen LogP contribution in [0, 0.1) is 23.7 Å². The number of carbonyl (C=O) groups excluding carboxylic acids is 2. The molecule has 0 saturated carbocycles. The third kappa shape index (κ3) is 13.7. The van der Waals surface area contributed by atoms with E-state index in [-0.39, 0.29) is 18.8 Å². The van der Waals surface area contributed by atoms with Gasteiger partial charge in [0.1, 0.15) is 30.5 Å². The number of cyclic esters (lactones) is 1. The molecule has 0 aromatic carbocycles. The molecule has 4 rings (SSSR count). The van der Waals surface area contributed by atoms with Crippen molar-refractivity contribution in [1.29, 1.82) is 0 Å². The highest BCUT2D eigenvalue weighted by atomic mass is 16.7. The predicted octanol–water partition coefficient (Wildman–Crippen LogP) is 3.00. The number of ether oxygens (including phenoxy) is 7. The van der Waals surface area contributed by atoms with Crippen molar-refractivity contribution in [2.75, 3.05) is 34.9 Å². The number of unbranched alkanes of at least 4 members (excludes halogenated alkanes) is 1. The molecule has 17 atom stereocenters. The minimum atomic E-state index is -1.27. The van der Waals surface area contributed by atoms with E-state index in [4.69, 9.17) is 33.2 Å². The van der Waals surface area contributed by atoms with Crippen molar-refractivity contribution in [1.82, 2.24) is 19.9 Å². The summed E-state index contributed by atoms with van der Waals surface area (Å²) in [4.78, 5) is 29.5. The lowest BCUT2D eigenvalue weighted by molar-refractivity contribution is -0.304. The van der Waals surface area contributed by atoms with Crippen molar-refractivity contribution in [2.45, 2.75) is 180 Å². The molecule has 62 heavy (non-hydrogen) atoms. The van der Waals surface area contributed by atoms with Crippen molar-refractivity contribution < 1.29 is 63.2 Å². The van der Waals surface area contributed by atoms with E-state index in [2.05, 4.69) is 17.2 Å². The maximum atomic E-state index is 13.9. The van der Waals surface area contributed by atoms with Gasteiger partial charge >= 0.3 is 5.97 Å². The Morgan fingerprint density at radius 1 is 0.903 bits per heavy atom. The minimum Gasteiger partial charge on any atom is -0.462 e. The quantitative estimate of drug-likeness (QED) is 0.187.